The van der Waals surface area contributed by atoms with Crippen molar-refractivity contribution in [2.75, 3.05) is 40.0 Å². The number of nitrogens with one attached hydrogen (secondary N) is 1. The van der Waals surface area contributed by atoms with Gasteiger partial charge in [0.05, 0.1) is 6.61 Å². The second-order valence-corrected chi connectivity index (χ2v) is 2.92. The molecule has 0 aliphatic carbocycles. The predicted octanol–water partition coefficient (Wildman–Crippen LogP) is 1.28. The van der Waals surface area contributed by atoms with Crippen LogP contribution >= 0.6 is 0 Å². The quantitative estimate of drug-likeness (QED) is 0.552. The summed E-state index contributed by atoms with van der Waals surface area (Å²) < 4.78 is 32.8. The summed E-state index contributed by atoms with van der Waals surface area (Å²) in [6.45, 7) is 2.37. The van der Waals surface area contributed by atoms with Crippen molar-refractivity contribution < 1.29 is 18.3 Å². The van der Waals surface area contributed by atoms with Gasteiger partial charge in [-0.1, -0.05) is 0 Å². The Bertz CT molecular complexity index is 115. The minimum atomic E-state index is -2.35. The molecule has 0 aliphatic rings. The number of rotatable bonds is 10. The van der Waals surface area contributed by atoms with Gasteiger partial charge in [0, 0.05) is 20.3 Å². The zero-order valence-electron chi connectivity index (χ0n) is 8.60. The van der Waals surface area contributed by atoms with Crippen LogP contribution in [0.15, 0.2) is 0 Å². The van der Waals surface area contributed by atoms with Crippen LogP contribution in [0.1, 0.15) is 12.8 Å². The lowest BCUT2D eigenvalue weighted by Crippen LogP contribution is -2.20. The van der Waals surface area contributed by atoms with Crippen molar-refractivity contribution in [2.24, 2.45) is 0 Å². The molecule has 86 valence electrons. The fourth-order valence-corrected chi connectivity index (χ4v) is 0.926. The molecular formula is C9H19F2NO2. The first-order chi connectivity index (χ1) is 6.77. The first kappa shape index (κ1) is 13.7. The van der Waals surface area contributed by atoms with Crippen molar-refractivity contribution >= 4 is 0 Å². The Morgan fingerprint density at radius 2 is 1.93 bits per heavy atom. The van der Waals surface area contributed by atoms with Crippen molar-refractivity contribution in [1.82, 2.24) is 5.32 Å². The van der Waals surface area contributed by atoms with E-state index in [1.54, 1.807) is 7.11 Å². The van der Waals surface area contributed by atoms with Gasteiger partial charge in [0.2, 0.25) is 0 Å². The van der Waals surface area contributed by atoms with E-state index in [1.807, 2.05) is 0 Å². The fourth-order valence-electron chi connectivity index (χ4n) is 0.926. The molecule has 0 amide bonds. The Morgan fingerprint density at radius 3 is 2.57 bits per heavy atom. The Kier molecular flexibility index (Phi) is 10.6. The topological polar surface area (TPSA) is 30.5 Å². The van der Waals surface area contributed by atoms with E-state index in [-0.39, 0.29) is 0 Å². The lowest BCUT2D eigenvalue weighted by molar-refractivity contribution is 0.0163. The molecule has 0 rings (SSSR count). The lowest BCUT2D eigenvalue weighted by Gasteiger charge is -2.04. The van der Waals surface area contributed by atoms with Crippen molar-refractivity contribution in [1.29, 1.82) is 0 Å². The molecule has 0 heterocycles. The van der Waals surface area contributed by atoms with Gasteiger partial charge in [-0.05, 0) is 19.4 Å². The highest BCUT2D eigenvalue weighted by Crippen LogP contribution is 1.94. The van der Waals surface area contributed by atoms with Crippen LogP contribution in [0.5, 0.6) is 0 Å². The zero-order valence-corrected chi connectivity index (χ0v) is 8.60. The molecule has 5 heteroatoms. The van der Waals surface area contributed by atoms with Crippen LogP contribution < -0.4 is 5.32 Å². The molecule has 0 atom stereocenters. The molecule has 0 bridgehead atoms. The number of alkyl halides is 2. The van der Waals surface area contributed by atoms with Gasteiger partial charge in [-0.3, -0.25) is 0 Å². The summed E-state index contributed by atoms with van der Waals surface area (Å²) >= 11 is 0. The Morgan fingerprint density at radius 1 is 1.14 bits per heavy atom. The molecule has 0 aromatic carbocycles. The number of methoxy groups -OCH3 is 1. The summed E-state index contributed by atoms with van der Waals surface area (Å²) in [7, 11) is 1.65. The van der Waals surface area contributed by atoms with E-state index in [0.29, 0.717) is 13.2 Å². The SMILES string of the molecule is COCCNCCCCOCC(F)F. The maximum absolute atomic E-state index is 11.6. The molecule has 1 N–H and O–H groups in total. The highest BCUT2D eigenvalue weighted by Gasteiger charge is 2.00. The summed E-state index contributed by atoms with van der Waals surface area (Å²) in [6.07, 6.45) is -0.602. The van der Waals surface area contributed by atoms with Gasteiger partial charge < -0.3 is 14.8 Å². The monoisotopic (exact) mass is 211 g/mol. The Balaban J connectivity index is 2.85. The first-order valence-electron chi connectivity index (χ1n) is 4.83. The summed E-state index contributed by atoms with van der Waals surface area (Å²) in [5.41, 5.74) is 0. The van der Waals surface area contributed by atoms with Crippen LogP contribution in [0.2, 0.25) is 0 Å². The highest BCUT2D eigenvalue weighted by molar-refractivity contribution is 4.47. The van der Waals surface area contributed by atoms with Gasteiger partial charge in [-0.25, -0.2) is 8.78 Å². The van der Waals surface area contributed by atoms with Gasteiger partial charge in [0.15, 0.2) is 0 Å². The van der Waals surface area contributed by atoms with Crippen LogP contribution in [0.3, 0.4) is 0 Å². The first-order valence-corrected chi connectivity index (χ1v) is 4.83. The van der Waals surface area contributed by atoms with Gasteiger partial charge >= 0.3 is 0 Å². The normalized spacial score (nSPS) is 11.1. The molecule has 0 saturated heterocycles. The van der Waals surface area contributed by atoms with Gasteiger partial charge in [-0.2, -0.15) is 0 Å². The maximum atomic E-state index is 11.6. The van der Waals surface area contributed by atoms with E-state index in [1.165, 1.54) is 0 Å². The number of hydrogen-bond acceptors (Lipinski definition) is 3. The van der Waals surface area contributed by atoms with E-state index in [2.05, 4.69) is 5.32 Å². The van der Waals surface area contributed by atoms with Crippen LogP contribution in [0, 0.1) is 0 Å². The second kappa shape index (κ2) is 10.8. The summed E-state index contributed by atoms with van der Waals surface area (Å²) in [5.74, 6) is 0. The number of halogens is 2. The average molecular weight is 211 g/mol. The molecule has 0 spiro atoms. The minimum absolute atomic E-state index is 0.413. The second-order valence-electron chi connectivity index (χ2n) is 2.92. The van der Waals surface area contributed by atoms with Crippen LogP contribution in [-0.2, 0) is 9.47 Å². The third-order valence-corrected chi connectivity index (χ3v) is 1.62. The van der Waals surface area contributed by atoms with Gasteiger partial charge in [-0.15, -0.1) is 0 Å². The van der Waals surface area contributed by atoms with E-state index in [9.17, 15) is 8.78 Å². The molecule has 0 aromatic heterocycles. The van der Waals surface area contributed by atoms with Gasteiger partial charge in [0.25, 0.3) is 6.43 Å². The van der Waals surface area contributed by atoms with Gasteiger partial charge in [0.1, 0.15) is 6.61 Å². The van der Waals surface area contributed by atoms with Crippen molar-refractivity contribution in [3.8, 4) is 0 Å². The molecule has 0 unspecified atom stereocenters. The van der Waals surface area contributed by atoms with Crippen LogP contribution in [0.25, 0.3) is 0 Å². The predicted molar refractivity (Wildman–Crippen MR) is 50.8 cm³/mol. The molecule has 0 aromatic rings. The fraction of sp³-hybridized carbons (Fsp3) is 1.00. The van der Waals surface area contributed by atoms with E-state index >= 15 is 0 Å². The largest absolute Gasteiger partial charge is 0.383 e. The number of unbranched alkanes of at least 4 members (excludes halogenated alkanes) is 1. The minimum Gasteiger partial charge on any atom is -0.383 e. The summed E-state index contributed by atoms with van der Waals surface area (Å²) in [6, 6.07) is 0. The molecule has 0 radical (unpaired) electrons. The molecule has 14 heavy (non-hydrogen) atoms. The molecule has 0 fully saturated rings. The average Bonchev–Trinajstić information content (AvgIpc) is 2.15. The third-order valence-electron chi connectivity index (χ3n) is 1.62. The standard InChI is InChI=1S/C9H19F2NO2/c1-13-7-5-12-4-2-3-6-14-8-9(10)11/h9,12H,2-8H2,1H3. The Labute approximate surface area is 83.8 Å². The summed E-state index contributed by atoms with van der Waals surface area (Å²) in [4.78, 5) is 0. The molecule has 0 saturated carbocycles. The van der Waals surface area contributed by atoms with E-state index in [0.717, 1.165) is 25.9 Å². The highest BCUT2D eigenvalue weighted by atomic mass is 19.3. The number of hydrogen-bond donors (Lipinski definition) is 1. The summed E-state index contributed by atoms with van der Waals surface area (Å²) in [5, 5.41) is 3.16. The van der Waals surface area contributed by atoms with E-state index < -0.39 is 13.0 Å². The Hall–Kier alpha value is -0.260. The van der Waals surface area contributed by atoms with Crippen LogP contribution in [0.4, 0.5) is 8.78 Å². The third kappa shape index (κ3) is 11.7. The van der Waals surface area contributed by atoms with Crippen molar-refractivity contribution in [3.63, 3.8) is 0 Å². The van der Waals surface area contributed by atoms with Crippen molar-refractivity contribution in [2.45, 2.75) is 19.3 Å². The molecule has 3 nitrogen and oxygen atoms in total. The van der Waals surface area contributed by atoms with E-state index in [4.69, 9.17) is 9.47 Å². The number of ether oxygens (including phenoxy) is 2. The van der Waals surface area contributed by atoms with Crippen molar-refractivity contribution in [3.05, 3.63) is 0 Å². The molecular weight excluding hydrogens is 192 g/mol. The molecule has 0 aliphatic heterocycles. The maximum Gasteiger partial charge on any atom is 0.261 e. The lowest BCUT2D eigenvalue weighted by atomic mass is 10.3. The smallest absolute Gasteiger partial charge is 0.261 e. The zero-order chi connectivity index (χ0) is 10.6. The van der Waals surface area contributed by atoms with Crippen LogP contribution in [-0.4, -0.2) is 46.4 Å².